The van der Waals surface area contributed by atoms with Crippen molar-refractivity contribution in [2.75, 3.05) is 0 Å². The van der Waals surface area contributed by atoms with Crippen molar-refractivity contribution >= 4 is 16.7 Å². The second-order valence-corrected chi connectivity index (χ2v) is 7.63. The molecule has 0 saturated heterocycles. The maximum Gasteiger partial charge on any atom is 0.170 e. The van der Waals surface area contributed by atoms with Gasteiger partial charge >= 0.3 is 0 Å². The lowest BCUT2D eigenvalue weighted by Crippen LogP contribution is -2.27. The summed E-state index contributed by atoms with van der Waals surface area (Å²) in [5.74, 6) is 1.94. The number of para-hydroxylation sites is 1. The highest BCUT2D eigenvalue weighted by molar-refractivity contribution is 6.12. The van der Waals surface area contributed by atoms with Crippen molar-refractivity contribution in [2.24, 2.45) is 5.92 Å². The summed E-state index contributed by atoms with van der Waals surface area (Å²) < 4.78 is 4.55. The van der Waals surface area contributed by atoms with Crippen molar-refractivity contribution in [3.05, 3.63) is 53.2 Å². The standard InChI is InChI=1S/C21H23N3O/c1-13-8-10-24-18-7-6-15(12-23-11-9-22-14(23)2)21(25)19(18)17-5-3-4-16(13)20(17)24/h3-5,9,11,13,15H,6-8,10,12H2,1-2H3/t13-,15-/m0/s1. The van der Waals surface area contributed by atoms with Gasteiger partial charge in [-0.2, -0.15) is 0 Å². The van der Waals surface area contributed by atoms with Crippen molar-refractivity contribution < 1.29 is 4.79 Å². The summed E-state index contributed by atoms with van der Waals surface area (Å²) >= 11 is 0. The fraction of sp³-hybridized carbons (Fsp3) is 0.429. The molecule has 0 saturated carbocycles. The van der Waals surface area contributed by atoms with Gasteiger partial charge in [0.1, 0.15) is 5.82 Å². The van der Waals surface area contributed by atoms with Gasteiger partial charge in [0.15, 0.2) is 5.78 Å². The summed E-state index contributed by atoms with van der Waals surface area (Å²) in [5, 5.41) is 1.18. The minimum atomic E-state index is 0.0567. The molecule has 2 aliphatic rings. The van der Waals surface area contributed by atoms with E-state index in [1.54, 1.807) is 0 Å². The van der Waals surface area contributed by atoms with Gasteiger partial charge in [-0.25, -0.2) is 4.98 Å². The van der Waals surface area contributed by atoms with Crippen LogP contribution in [0.15, 0.2) is 30.6 Å². The molecular formula is C21H23N3O. The first-order valence-corrected chi connectivity index (χ1v) is 9.31. The van der Waals surface area contributed by atoms with Crippen LogP contribution in [0, 0.1) is 12.8 Å². The van der Waals surface area contributed by atoms with Crippen LogP contribution < -0.4 is 0 Å². The molecule has 1 aliphatic carbocycles. The molecule has 25 heavy (non-hydrogen) atoms. The molecule has 0 unspecified atom stereocenters. The van der Waals surface area contributed by atoms with Gasteiger partial charge < -0.3 is 9.13 Å². The minimum absolute atomic E-state index is 0.0567. The summed E-state index contributed by atoms with van der Waals surface area (Å²) in [4.78, 5) is 17.7. The van der Waals surface area contributed by atoms with E-state index in [1.165, 1.54) is 28.6 Å². The Morgan fingerprint density at radius 3 is 2.96 bits per heavy atom. The van der Waals surface area contributed by atoms with Gasteiger partial charge in [-0.1, -0.05) is 25.1 Å². The number of fused-ring (bicyclic) bond motifs is 3. The SMILES string of the molecule is Cc1nccn1C[C@@H]1CCc2c(c3cccc4c3n2CC[C@@H]4C)C1=O. The molecule has 1 aromatic carbocycles. The van der Waals surface area contributed by atoms with E-state index in [1.807, 2.05) is 19.3 Å². The molecule has 5 rings (SSSR count). The number of rotatable bonds is 2. The number of ketones is 1. The smallest absolute Gasteiger partial charge is 0.170 e. The van der Waals surface area contributed by atoms with Crippen LogP contribution in [-0.2, 0) is 19.5 Å². The summed E-state index contributed by atoms with van der Waals surface area (Å²) in [6.45, 7) is 6.09. The Bertz CT molecular complexity index is 994. The number of nitrogens with zero attached hydrogens (tertiary/aromatic N) is 3. The van der Waals surface area contributed by atoms with E-state index in [2.05, 4.69) is 39.2 Å². The molecule has 0 bridgehead atoms. The van der Waals surface area contributed by atoms with Gasteiger partial charge in [0, 0.05) is 48.0 Å². The van der Waals surface area contributed by atoms with Crippen molar-refractivity contribution in [1.29, 1.82) is 0 Å². The third-order valence-electron chi connectivity index (χ3n) is 6.23. The Balaban J connectivity index is 1.63. The van der Waals surface area contributed by atoms with Gasteiger partial charge in [-0.05, 0) is 37.7 Å². The number of aromatic nitrogens is 3. The first-order chi connectivity index (χ1) is 12.1. The van der Waals surface area contributed by atoms with Gasteiger partial charge in [0.2, 0.25) is 0 Å². The molecule has 0 N–H and O–H groups in total. The van der Waals surface area contributed by atoms with Crippen molar-refractivity contribution in [3.8, 4) is 0 Å². The third-order valence-corrected chi connectivity index (χ3v) is 6.23. The highest BCUT2D eigenvalue weighted by Gasteiger charge is 2.35. The molecule has 2 atom stereocenters. The molecule has 0 fully saturated rings. The lowest BCUT2D eigenvalue weighted by atomic mass is 9.84. The lowest BCUT2D eigenvalue weighted by Gasteiger charge is -2.25. The van der Waals surface area contributed by atoms with Gasteiger partial charge in [-0.15, -0.1) is 0 Å². The molecule has 1 aliphatic heterocycles. The molecule has 0 spiro atoms. The number of benzene rings is 1. The summed E-state index contributed by atoms with van der Waals surface area (Å²) in [5.41, 5.74) is 5.00. The van der Waals surface area contributed by atoms with E-state index in [0.29, 0.717) is 11.7 Å². The molecule has 2 aromatic heterocycles. The zero-order valence-electron chi connectivity index (χ0n) is 14.8. The topological polar surface area (TPSA) is 39.8 Å². The predicted octanol–water partition coefficient (Wildman–Crippen LogP) is 4.10. The molecule has 4 nitrogen and oxygen atoms in total. The average Bonchev–Trinajstić information content (AvgIpc) is 3.16. The molecule has 128 valence electrons. The van der Waals surface area contributed by atoms with Crippen molar-refractivity contribution in [3.63, 3.8) is 0 Å². The van der Waals surface area contributed by atoms with E-state index in [-0.39, 0.29) is 5.92 Å². The highest BCUT2D eigenvalue weighted by Crippen LogP contribution is 2.41. The van der Waals surface area contributed by atoms with Crippen molar-refractivity contribution in [2.45, 2.75) is 52.1 Å². The Labute approximate surface area is 147 Å². The summed E-state index contributed by atoms with van der Waals surface area (Å²) in [6.07, 6.45) is 6.90. The number of aryl methyl sites for hydroxylation is 2. The maximum absolute atomic E-state index is 13.4. The Kier molecular flexibility index (Phi) is 3.18. The third kappa shape index (κ3) is 2.06. The quantitative estimate of drug-likeness (QED) is 0.708. The fourth-order valence-electron chi connectivity index (χ4n) is 4.80. The molecule has 3 heterocycles. The van der Waals surface area contributed by atoms with E-state index < -0.39 is 0 Å². The second kappa shape index (κ2) is 5.32. The first-order valence-electron chi connectivity index (χ1n) is 9.31. The minimum Gasteiger partial charge on any atom is -0.344 e. The van der Waals surface area contributed by atoms with Gasteiger partial charge in [0.05, 0.1) is 5.52 Å². The molecule has 0 amide bonds. The van der Waals surface area contributed by atoms with Crippen LogP contribution >= 0.6 is 0 Å². The Hall–Kier alpha value is -2.36. The number of hydrogen-bond acceptors (Lipinski definition) is 2. The fourth-order valence-corrected chi connectivity index (χ4v) is 4.80. The number of hydrogen-bond donors (Lipinski definition) is 0. The predicted molar refractivity (Wildman–Crippen MR) is 98.1 cm³/mol. The van der Waals surface area contributed by atoms with Crippen LogP contribution in [0.3, 0.4) is 0 Å². The zero-order valence-corrected chi connectivity index (χ0v) is 14.8. The molecule has 0 radical (unpaired) electrons. The van der Waals surface area contributed by atoms with E-state index in [9.17, 15) is 4.79 Å². The monoisotopic (exact) mass is 333 g/mol. The average molecular weight is 333 g/mol. The van der Waals surface area contributed by atoms with Crippen LogP contribution in [0.4, 0.5) is 0 Å². The number of carbonyl (C=O) groups excluding carboxylic acids is 1. The molecular weight excluding hydrogens is 310 g/mol. The van der Waals surface area contributed by atoms with Crippen LogP contribution in [0.5, 0.6) is 0 Å². The molecule has 3 aromatic rings. The highest BCUT2D eigenvalue weighted by atomic mass is 16.1. The van der Waals surface area contributed by atoms with Crippen LogP contribution in [0.2, 0.25) is 0 Å². The maximum atomic E-state index is 13.4. The number of carbonyl (C=O) groups is 1. The van der Waals surface area contributed by atoms with E-state index >= 15 is 0 Å². The molecule has 4 heteroatoms. The number of imidazole rings is 1. The van der Waals surface area contributed by atoms with Crippen LogP contribution in [0.25, 0.3) is 10.9 Å². The number of Topliss-reactive ketones (excluding diaryl/α,β-unsaturated/α-hetero) is 1. The largest absolute Gasteiger partial charge is 0.344 e. The van der Waals surface area contributed by atoms with E-state index in [4.69, 9.17) is 0 Å². The zero-order chi connectivity index (χ0) is 17.1. The first kappa shape index (κ1) is 14.9. The van der Waals surface area contributed by atoms with Crippen LogP contribution in [-0.4, -0.2) is 19.9 Å². The van der Waals surface area contributed by atoms with Gasteiger partial charge in [0.25, 0.3) is 0 Å². The summed E-state index contributed by atoms with van der Waals surface area (Å²) in [6, 6.07) is 6.51. The van der Waals surface area contributed by atoms with Crippen LogP contribution in [0.1, 0.15) is 53.1 Å². The van der Waals surface area contributed by atoms with E-state index in [0.717, 1.165) is 37.3 Å². The Morgan fingerprint density at radius 2 is 2.16 bits per heavy atom. The Morgan fingerprint density at radius 1 is 1.28 bits per heavy atom. The summed E-state index contributed by atoms with van der Waals surface area (Å²) in [7, 11) is 0. The van der Waals surface area contributed by atoms with Crippen molar-refractivity contribution in [1.82, 2.24) is 14.1 Å². The normalized spacial score (nSPS) is 22.4. The van der Waals surface area contributed by atoms with Gasteiger partial charge in [-0.3, -0.25) is 4.79 Å². The lowest BCUT2D eigenvalue weighted by molar-refractivity contribution is 0.0887. The second-order valence-electron chi connectivity index (χ2n) is 7.63.